The second-order valence-electron chi connectivity index (χ2n) is 6.85. The maximum atomic E-state index is 12.6. The molecule has 1 N–H and O–H groups in total. The number of nitrogens with zero attached hydrogens (tertiary/aromatic N) is 4. The largest absolute Gasteiger partial charge is 0.319 e. The average molecular weight is 355 g/mol. The van der Waals surface area contributed by atoms with Crippen molar-refractivity contribution in [2.24, 2.45) is 0 Å². The van der Waals surface area contributed by atoms with Crippen LogP contribution in [-0.2, 0) is 6.42 Å². The number of rotatable bonds is 2. The number of aryl methyl sites for hydroxylation is 2. The number of fused-ring (bicyclic) bond motifs is 4. The molecule has 0 fully saturated rings. The van der Waals surface area contributed by atoms with E-state index in [4.69, 9.17) is 0 Å². The van der Waals surface area contributed by atoms with Crippen molar-refractivity contribution in [1.29, 1.82) is 0 Å². The minimum Gasteiger partial charge on any atom is -0.319 e. The summed E-state index contributed by atoms with van der Waals surface area (Å²) in [6, 6.07) is 16.3. The van der Waals surface area contributed by atoms with Crippen molar-refractivity contribution >= 4 is 17.4 Å². The minimum absolute atomic E-state index is 0.111. The zero-order valence-electron chi connectivity index (χ0n) is 15.0. The molecule has 2 aromatic carbocycles. The summed E-state index contributed by atoms with van der Waals surface area (Å²) in [6.07, 6.45) is 0.879. The Morgan fingerprint density at radius 2 is 1.81 bits per heavy atom. The molecule has 4 aromatic rings. The van der Waals surface area contributed by atoms with E-state index in [1.165, 1.54) is 22.3 Å². The van der Waals surface area contributed by atoms with E-state index in [1.807, 2.05) is 32.0 Å². The van der Waals surface area contributed by atoms with Crippen molar-refractivity contribution in [1.82, 2.24) is 19.6 Å². The van der Waals surface area contributed by atoms with E-state index >= 15 is 0 Å². The number of hydrogen-bond donors (Lipinski definition) is 1. The van der Waals surface area contributed by atoms with E-state index in [0.29, 0.717) is 5.78 Å². The summed E-state index contributed by atoms with van der Waals surface area (Å²) in [4.78, 5) is 21.2. The topological polar surface area (TPSA) is 72.2 Å². The zero-order chi connectivity index (χ0) is 18.5. The summed E-state index contributed by atoms with van der Waals surface area (Å²) < 4.78 is 1.58. The first-order chi connectivity index (χ1) is 13.1. The lowest BCUT2D eigenvalue weighted by Gasteiger charge is -2.06. The smallest absolute Gasteiger partial charge is 0.295 e. The summed E-state index contributed by atoms with van der Waals surface area (Å²) in [7, 11) is 0. The van der Waals surface area contributed by atoms with E-state index in [1.54, 1.807) is 4.52 Å². The fraction of sp³-hybridized carbons (Fsp3) is 0.143. The van der Waals surface area contributed by atoms with Crippen molar-refractivity contribution in [2.75, 3.05) is 5.32 Å². The van der Waals surface area contributed by atoms with Crippen LogP contribution in [0.15, 0.2) is 48.5 Å². The van der Waals surface area contributed by atoms with Crippen LogP contribution in [0.1, 0.15) is 33.1 Å². The normalized spacial score (nSPS) is 12.1. The number of aromatic nitrogens is 4. The standard InChI is InChI=1S/C21H17N5O/c1-12-9-13(2)26-21(22-12)24-19(25-26)20(27)23-16-7-8-18-15(11-16)10-14-5-3-4-6-17(14)18/h3-9,11H,10H2,1-2H3,(H,23,27). The van der Waals surface area contributed by atoms with Crippen LogP contribution in [0.4, 0.5) is 5.69 Å². The lowest BCUT2D eigenvalue weighted by Crippen LogP contribution is -2.14. The molecule has 0 radical (unpaired) electrons. The van der Waals surface area contributed by atoms with Gasteiger partial charge in [0.1, 0.15) is 0 Å². The third kappa shape index (κ3) is 2.57. The van der Waals surface area contributed by atoms with Crippen molar-refractivity contribution < 1.29 is 4.79 Å². The molecule has 1 aliphatic carbocycles. The monoisotopic (exact) mass is 355 g/mol. The molecule has 0 unspecified atom stereocenters. The average Bonchev–Trinajstić information content (AvgIpc) is 3.22. The Morgan fingerprint density at radius 1 is 1.00 bits per heavy atom. The Bertz CT molecular complexity index is 1220. The summed E-state index contributed by atoms with van der Waals surface area (Å²) in [5.41, 5.74) is 7.50. The van der Waals surface area contributed by atoms with Gasteiger partial charge in [-0.1, -0.05) is 30.3 Å². The Kier molecular flexibility index (Phi) is 3.33. The van der Waals surface area contributed by atoms with Crippen LogP contribution < -0.4 is 5.32 Å². The number of benzene rings is 2. The summed E-state index contributed by atoms with van der Waals surface area (Å²) in [5.74, 6) is 0.204. The molecule has 0 saturated heterocycles. The highest BCUT2D eigenvalue weighted by Crippen LogP contribution is 2.37. The SMILES string of the molecule is Cc1cc(C)n2nc(C(=O)Nc3ccc4c(c3)Cc3ccccc3-4)nc2n1. The van der Waals surface area contributed by atoms with Crippen LogP contribution in [0.2, 0.25) is 0 Å². The van der Waals surface area contributed by atoms with Gasteiger partial charge >= 0.3 is 0 Å². The molecule has 27 heavy (non-hydrogen) atoms. The summed E-state index contributed by atoms with van der Waals surface area (Å²) >= 11 is 0. The third-order valence-corrected chi connectivity index (χ3v) is 4.87. The lowest BCUT2D eigenvalue weighted by molar-refractivity contribution is 0.101. The van der Waals surface area contributed by atoms with Gasteiger partial charge in [-0.2, -0.15) is 4.98 Å². The van der Waals surface area contributed by atoms with E-state index in [0.717, 1.165) is 23.5 Å². The molecule has 0 atom stereocenters. The fourth-order valence-corrected chi connectivity index (χ4v) is 3.67. The van der Waals surface area contributed by atoms with Gasteiger partial charge in [-0.15, -0.1) is 5.10 Å². The first kappa shape index (κ1) is 15.7. The predicted octanol–water partition coefficient (Wildman–Crippen LogP) is 3.56. The zero-order valence-corrected chi connectivity index (χ0v) is 15.0. The highest BCUT2D eigenvalue weighted by molar-refractivity contribution is 6.02. The molecule has 2 aromatic heterocycles. The van der Waals surface area contributed by atoms with Crippen molar-refractivity contribution in [3.63, 3.8) is 0 Å². The van der Waals surface area contributed by atoms with Gasteiger partial charge in [-0.3, -0.25) is 4.79 Å². The van der Waals surface area contributed by atoms with E-state index in [9.17, 15) is 4.79 Å². The maximum absolute atomic E-state index is 12.6. The van der Waals surface area contributed by atoms with Crippen LogP contribution in [0.25, 0.3) is 16.9 Å². The number of amides is 1. The van der Waals surface area contributed by atoms with Gasteiger partial charge in [0, 0.05) is 17.1 Å². The third-order valence-electron chi connectivity index (χ3n) is 4.87. The molecule has 0 bridgehead atoms. The predicted molar refractivity (Wildman–Crippen MR) is 103 cm³/mol. The second-order valence-corrected chi connectivity index (χ2v) is 6.85. The van der Waals surface area contributed by atoms with Crippen molar-refractivity contribution in [2.45, 2.75) is 20.3 Å². The maximum Gasteiger partial charge on any atom is 0.295 e. The van der Waals surface area contributed by atoms with Gasteiger partial charge < -0.3 is 5.32 Å². The van der Waals surface area contributed by atoms with E-state index in [-0.39, 0.29) is 11.7 Å². The molecule has 2 heterocycles. The Morgan fingerprint density at radius 3 is 2.70 bits per heavy atom. The Labute approximate surface area is 155 Å². The molecule has 1 amide bonds. The van der Waals surface area contributed by atoms with Crippen molar-refractivity contribution in [3.05, 3.63) is 76.9 Å². The van der Waals surface area contributed by atoms with Crippen molar-refractivity contribution in [3.8, 4) is 11.1 Å². The van der Waals surface area contributed by atoms with Crippen LogP contribution in [0.3, 0.4) is 0 Å². The first-order valence-corrected chi connectivity index (χ1v) is 8.82. The quantitative estimate of drug-likeness (QED) is 0.525. The molecule has 0 aliphatic heterocycles. The number of nitrogens with one attached hydrogen (secondary N) is 1. The fourth-order valence-electron chi connectivity index (χ4n) is 3.67. The molecular formula is C21H17N5O. The molecule has 1 aliphatic rings. The van der Waals surface area contributed by atoms with Gasteiger partial charge in [0.15, 0.2) is 0 Å². The first-order valence-electron chi connectivity index (χ1n) is 8.82. The highest BCUT2D eigenvalue weighted by Gasteiger charge is 2.19. The van der Waals surface area contributed by atoms with Gasteiger partial charge in [0.2, 0.25) is 5.82 Å². The molecule has 5 rings (SSSR count). The molecule has 0 saturated carbocycles. The molecule has 6 heteroatoms. The number of hydrogen-bond acceptors (Lipinski definition) is 4. The van der Waals surface area contributed by atoms with Gasteiger partial charge in [-0.05, 0) is 60.7 Å². The Balaban J connectivity index is 1.44. The van der Waals surface area contributed by atoms with E-state index in [2.05, 4.69) is 50.7 Å². The van der Waals surface area contributed by atoms with E-state index < -0.39 is 0 Å². The van der Waals surface area contributed by atoms with Crippen LogP contribution in [-0.4, -0.2) is 25.5 Å². The summed E-state index contributed by atoms with van der Waals surface area (Å²) in [6.45, 7) is 3.81. The van der Waals surface area contributed by atoms with Gasteiger partial charge in [0.25, 0.3) is 11.7 Å². The lowest BCUT2D eigenvalue weighted by atomic mass is 10.1. The van der Waals surface area contributed by atoms with Crippen LogP contribution in [0.5, 0.6) is 0 Å². The number of anilines is 1. The molecule has 0 spiro atoms. The number of carbonyl (C=O) groups excluding carboxylic acids is 1. The van der Waals surface area contributed by atoms with Crippen LogP contribution >= 0.6 is 0 Å². The molecule has 6 nitrogen and oxygen atoms in total. The number of carbonyl (C=O) groups is 1. The summed E-state index contributed by atoms with van der Waals surface area (Å²) in [5, 5.41) is 7.19. The highest BCUT2D eigenvalue weighted by atomic mass is 16.2. The van der Waals surface area contributed by atoms with Crippen LogP contribution in [0, 0.1) is 13.8 Å². The molecular weight excluding hydrogens is 338 g/mol. The van der Waals surface area contributed by atoms with Gasteiger partial charge in [0.05, 0.1) is 0 Å². The minimum atomic E-state index is -0.340. The second kappa shape index (κ2) is 5.74. The molecule has 132 valence electrons. The van der Waals surface area contributed by atoms with Gasteiger partial charge in [-0.25, -0.2) is 9.50 Å². The Hall–Kier alpha value is -3.54.